The second kappa shape index (κ2) is 7.25. The van der Waals surface area contributed by atoms with Crippen LogP contribution < -0.4 is 9.64 Å². The van der Waals surface area contributed by atoms with E-state index in [1.165, 1.54) is 5.56 Å². The van der Waals surface area contributed by atoms with Crippen LogP contribution in [0.15, 0.2) is 73.3 Å². The number of carbonyl (C=O) groups is 1. The summed E-state index contributed by atoms with van der Waals surface area (Å²) in [5, 5.41) is 2.17. The third-order valence-electron chi connectivity index (χ3n) is 4.78. The lowest BCUT2D eigenvalue weighted by molar-refractivity contribution is 0.0977. The number of hydrogen-bond acceptors (Lipinski definition) is 3. The molecule has 3 aromatic rings. The van der Waals surface area contributed by atoms with Gasteiger partial charge in [-0.3, -0.25) is 14.6 Å². The highest BCUT2D eigenvalue weighted by molar-refractivity contribution is 6.24. The van der Waals surface area contributed by atoms with Crippen LogP contribution in [0.25, 0.3) is 10.8 Å². The van der Waals surface area contributed by atoms with Gasteiger partial charge in [-0.1, -0.05) is 49.1 Å². The number of rotatable bonds is 7. The molecule has 1 amide bonds. The Kier molecular flexibility index (Phi) is 4.65. The summed E-state index contributed by atoms with van der Waals surface area (Å²) in [5.74, 6) is 0.903. The van der Waals surface area contributed by atoms with Crippen molar-refractivity contribution in [3.63, 3.8) is 0 Å². The Bertz CT molecular complexity index is 990. The Morgan fingerprint density at radius 1 is 1.07 bits per heavy atom. The van der Waals surface area contributed by atoms with Crippen molar-refractivity contribution in [3.8, 4) is 5.75 Å². The Balaban J connectivity index is 1.47. The van der Waals surface area contributed by atoms with E-state index in [-0.39, 0.29) is 5.91 Å². The van der Waals surface area contributed by atoms with Gasteiger partial charge in [-0.05, 0) is 42.3 Å². The average Bonchev–Trinajstić information content (AvgIpc) is 2.95. The molecule has 0 saturated carbocycles. The van der Waals surface area contributed by atoms with E-state index < -0.39 is 0 Å². The highest BCUT2D eigenvalue weighted by atomic mass is 16.5. The Hall–Kier alpha value is -3.11. The summed E-state index contributed by atoms with van der Waals surface area (Å²) in [7, 11) is 2.03. The maximum atomic E-state index is 12.9. The third-order valence-corrected chi connectivity index (χ3v) is 4.78. The number of carbonyl (C=O) groups excluding carboxylic acids is 1. The van der Waals surface area contributed by atoms with Crippen LogP contribution in [0.3, 0.4) is 0 Å². The molecule has 4 nitrogen and oxygen atoms in total. The van der Waals surface area contributed by atoms with Gasteiger partial charge in [0, 0.05) is 17.5 Å². The Morgan fingerprint density at radius 3 is 2.56 bits per heavy atom. The lowest BCUT2D eigenvalue weighted by atomic mass is 10.1. The number of amides is 1. The van der Waals surface area contributed by atoms with Crippen molar-refractivity contribution in [1.29, 1.82) is 0 Å². The number of hydrogen-bond donors (Lipinski definition) is 0. The van der Waals surface area contributed by atoms with Crippen LogP contribution in [-0.4, -0.2) is 31.1 Å². The van der Waals surface area contributed by atoms with Gasteiger partial charge in [0.15, 0.2) is 0 Å². The predicted molar refractivity (Wildman–Crippen MR) is 109 cm³/mol. The molecule has 1 aliphatic heterocycles. The van der Waals surface area contributed by atoms with E-state index in [0.717, 1.165) is 34.3 Å². The van der Waals surface area contributed by atoms with Crippen LogP contribution in [0, 0.1) is 0 Å². The zero-order chi connectivity index (χ0) is 18.8. The lowest BCUT2D eigenvalue weighted by Gasteiger charge is -2.25. The first-order chi connectivity index (χ1) is 13.2. The zero-order valence-electron chi connectivity index (χ0n) is 15.4. The monoisotopic (exact) mass is 358 g/mol. The average molecular weight is 358 g/mol. The number of ether oxygens (including phenoxy) is 1. The van der Waals surface area contributed by atoms with Crippen LogP contribution in [0.4, 0.5) is 5.69 Å². The second-order valence-corrected chi connectivity index (χ2v) is 6.81. The molecular formula is C23H22N2O2. The minimum Gasteiger partial charge on any atom is -0.490 e. The van der Waals surface area contributed by atoms with Crippen molar-refractivity contribution in [2.24, 2.45) is 0 Å². The maximum absolute atomic E-state index is 12.9. The van der Waals surface area contributed by atoms with Crippen LogP contribution in [0.5, 0.6) is 5.75 Å². The molecule has 0 radical (unpaired) electrons. The van der Waals surface area contributed by atoms with Crippen molar-refractivity contribution in [1.82, 2.24) is 4.90 Å². The smallest absolute Gasteiger partial charge is 0.260 e. The molecule has 0 fully saturated rings. The number of anilines is 1. The normalized spacial score (nSPS) is 12.8. The molecule has 4 heteroatoms. The molecule has 0 atom stereocenters. The van der Waals surface area contributed by atoms with E-state index in [1.54, 1.807) is 6.08 Å². The molecule has 1 heterocycles. The summed E-state index contributed by atoms with van der Waals surface area (Å²) in [6.45, 7) is 5.45. The van der Waals surface area contributed by atoms with Gasteiger partial charge in [0.2, 0.25) is 0 Å². The van der Waals surface area contributed by atoms with Gasteiger partial charge in [0.05, 0.1) is 12.4 Å². The third kappa shape index (κ3) is 3.32. The van der Waals surface area contributed by atoms with Crippen LogP contribution in [0.1, 0.15) is 15.9 Å². The quantitative estimate of drug-likeness (QED) is 0.585. The first-order valence-electron chi connectivity index (χ1n) is 9.02. The van der Waals surface area contributed by atoms with E-state index in [4.69, 9.17) is 4.74 Å². The summed E-state index contributed by atoms with van der Waals surface area (Å²) in [4.78, 5) is 16.9. The fourth-order valence-electron chi connectivity index (χ4n) is 3.57. The number of benzene rings is 3. The maximum Gasteiger partial charge on any atom is 0.260 e. The molecule has 4 rings (SSSR count). The van der Waals surface area contributed by atoms with E-state index in [1.807, 2.05) is 48.3 Å². The summed E-state index contributed by atoms with van der Waals surface area (Å²) >= 11 is 0. The van der Waals surface area contributed by atoms with Gasteiger partial charge < -0.3 is 4.74 Å². The second-order valence-electron chi connectivity index (χ2n) is 6.81. The van der Waals surface area contributed by atoms with E-state index in [0.29, 0.717) is 13.3 Å². The first kappa shape index (κ1) is 17.3. The summed E-state index contributed by atoms with van der Waals surface area (Å²) in [6, 6.07) is 20.0. The largest absolute Gasteiger partial charge is 0.490 e. The minimum atomic E-state index is 0.0711. The Labute approximate surface area is 159 Å². The molecule has 0 aliphatic carbocycles. The van der Waals surface area contributed by atoms with Crippen LogP contribution in [0.2, 0.25) is 0 Å². The molecule has 3 aromatic carbocycles. The van der Waals surface area contributed by atoms with E-state index in [2.05, 4.69) is 35.7 Å². The molecule has 0 aromatic heterocycles. The zero-order valence-corrected chi connectivity index (χ0v) is 15.4. The van der Waals surface area contributed by atoms with Gasteiger partial charge >= 0.3 is 0 Å². The standard InChI is InChI=1S/C23H22N2O2/c1-3-14-27-19-12-10-17(11-13-19)15-24(2)16-25-21-9-5-7-18-6-4-8-20(22(18)21)23(25)26/h3-13H,1,14-16H2,2H3. The Morgan fingerprint density at radius 2 is 1.81 bits per heavy atom. The molecule has 27 heavy (non-hydrogen) atoms. The predicted octanol–water partition coefficient (Wildman–Crippen LogP) is 4.45. The van der Waals surface area contributed by atoms with Crippen molar-refractivity contribution in [2.75, 3.05) is 25.2 Å². The fraction of sp³-hybridized carbons (Fsp3) is 0.174. The first-order valence-corrected chi connectivity index (χ1v) is 9.02. The van der Waals surface area contributed by atoms with Crippen LogP contribution in [-0.2, 0) is 6.54 Å². The van der Waals surface area contributed by atoms with Crippen molar-refractivity contribution in [3.05, 3.63) is 84.4 Å². The van der Waals surface area contributed by atoms with Gasteiger partial charge in [-0.2, -0.15) is 0 Å². The molecule has 0 N–H and O–H groups in total. The van der Waals surface area contributed by atoms with Crippen molar-refractivity contribution >= 4 is 22.4 Å². The van der Waals surface area contributed by atoms with Gasteiger partial charge in [0.25, 0.3) is 5.91 Å². The topological polar surface area (TPSA) is 32.8 Å². The van der Waals surface area contributed by atoms with Crippen molar-refractivity contribution in [2.45, 2.75) is 6.54 Å². The molecule has 0 unspecified atom stereocenters. The molecule has 0 saturated heterocycles. The number of nitrogens with zero attached hydrogens (tertiary/aromatic N) is 2. The lowest BCUT2D eigenvalue weighted by Crippen LogP contribution is -2.37. The SMILES string of the molecule is C=CCOc1ccc(CN(C)CN2C(=O)c3cccc4cccc2c34)cc1. The summed E-state index contributed by atoms with van der Waals surface area (Å²) in [5.41, 5.74) is 2.96. The van der Waals surface area contributed by atoms with E-state index in [9.17, 15) is 4.79 Å². The summed E-state index contributed by atoms with van der Waals surface area (Å²) in [6.07, 6.45) is 1.73. The highest BCUT2D eigenvalue weighted by Gasteiger charge is 2.29. The van der Waals surface area contributed by atoms with Gasteiger partial charge in [-0.15, -0.1) is 0 Å². The molecule has 0 bridgehead atoms. The van der Waals surface area contributed by atoms with Gasteiger partial charge in [0.1, 0.15) is 12.4 Å². The summed E-state index contributed by atoms with van der Waals surface area (Å²) < 4.78 is 5.52. The molecule has 1 aliphatic rings. The van der Waals surface area contributed by atoms with Gasteiger partial charge in [-0.25, -0.2) is 0 Å². The highest BCUT2D eigenvalue weighted by Crippen LogP contribution is 2.37. The molecule has 136 valence electrons. The van der Waals surface area contributed by atoms with Crippen LogP contribution >= 0.6 is 0 Å². The fourth-order valence-corrected chi connectivity index (χ4v) is 3.57. The van der Waals surface area contributed by atoms with Crippen molar-refractivity contribution < 1.29 is 9.53 Å². The molecule has 0 spiro atoms. The van der Waals surface area contributed by atoms with E-state index >= 15 is 0 Å². The minimum absolute atomic E-state index is 0.0711. The molecular weight excluding hydrogens is 336 g/mol.